The maximum absolute atomic E-state index is 12.3. The average Bonchev–Trinajstić information content (AvgIpc) is 2.64. The summed E-state index contributed by atoms with van der Waals surface area (Å²) in [6.07, 6.45) is 0.726. The van der Waals surface area contributed by atoms with Gasteiger partial charge in [0.1, 0.15) is 5.75 Å². The highest BCUT2D eigenvalue weighted by molar-refractivity contribution is 5.73. The molecule has 2 aromatic rings. The van der Waals surface area contributed by atoms with Gasteiger partial charge in [-0.15, -0.1) is 0 Å². The molecule has 0 radical (unpaired) electrons. The minimum atomic E-state index is -0.141. The highest BCUT2D eigenvalue weighted by atomic mass is 16.5. The molecule has 0 bridgehead atoms. The van der Waals surface area contributed by atoms with Crippen molar-refractivity contribution < 1.29 is 14.3 Å². The van der Waals surface area contributed by atoms with Crippen molar-refractivity contribution in [2.75, 3.05) is 27.8 Å². The summed E-state index contributed by atoms with van der Waals surface area (Å²) in [5.74, 6) is 1.38. The zero-order chi connectivity index (χ0) is 18.2. The van der Waals surface area contributed by atoms with Crippen molar-refractivity contribution in [2.24, 2.45) is 0 Å². The summed E-state index contributed by atoms with van der Waals surface area (Å²) in [7, 11) is 5.00. The van der Waals surface area contributed by atoms with E-state index >= 15 is 0 Å². The van der Waals surface area contributed by atoms with Crippen LogP contribution in [0.4, 0.5) is 4.79 Å². The molecule has 0 saturated carbocycles. The van der Waals surface area contributed by atoms with E-state index in [9.17, 15) is 4.79 Å². The van der Waals surface area contributed by atoms with E-state index in [4.69, 9.17) is 9.47 Å². The van der Waals surface area contributed by atoms with E-state index in [1.165, 1.54) is 0 Å². The van der Waals surface area contributed by atoms with Gasteiger partial charge in [-0.25, -0.2) is 9.78 Å². The zero-order valence-corrected chi connectivity index (χ0v) is 15.2. The molecular formula is C19H25N3O3. The minimum Gasteiger partial charge on any atom is -0.496 e. The standard InChI is InChI=1S/C19H25N3O3/c1-14-9-10-16(18(21-14)25-4)13-20-19(23)22(2)12-11-15-7-5-6-8-17(15)24-3/h5-10H,11-13H2,1-4H3,(H,20,23). The van der Waals surface area contributed by atoms with Gasteiger partial charge in [0, 0.05) is 31.4 Å². The molecule has 1 heterocycles. The first-order chi connectivity index (χ1) is 12.0. The average molecular weight is 343 g/mol. The zero-order valence-electron chi connectivity index (χ0n) is 15.2. The maximum Gasteiger partial charge on any atom is 0.317 e. The number of nitrogens with zero attached hydrogens (tertiary/aromatic N) is 2. The molecule has 6 nitrogen and oxygen atoms in total. The van der Waals surface area contributed by atoms with Crippen LogP contribution in [0.5, 0.6) is 11.6 Å². The summed E-state index contributed by atoms with van der Waals surface area (Å²) in [4.78, 5) is 18.2. The maximum atomic E-state index is 12.3. The topological polar surface area (TPSA) is 63.7 Å². The number of hydrogen-bond acceptors (Lipinski definition) is 4. The Hall–Kier alpha value is -2.76. The highest BCUT2D eigenvalue weighted by Crippen LogP contribution is 2.18. The molecule has 0 aliphatic rings. The molecule has 0 spiro atoms. The molecule has 1 N–H and O–H groups in total. The monoisotopic (exact) mass is 343 g/mol. The Morgan fingerprint density at radius 2 is 1.88 bits per heavy atom. The van der Waals surface area contributed by atoms with Crippen LogP contribution < -0.4 is 14.8 Å². The van der Waals surface area contributed by atoms with Gasteiger partial charge in [-0.1, -0.05) is 24.3 Å². The number of carbonyl (C=O) groups excluding carboxylic acids is 1. The van der Waals surface area contributed by atoms with Crippen LogP contribution in [0.1, 0.15) is 16.8 Å². The predicted molar refractivity (Wildman–Crippen MR) is 97.1 cm³/mol. The quantitative estimate of drug-likeness (QED) is 0.840. The molecule has 0 unspecified atom stereocenters. The van der Waals surface area contributed by atoms with Crippen LogP contribution in [-0.4, -0.2) is 43.7 Å². The Balaban J connectivity index is 1.88. The lowest BCUT2D eigenvalue weighted by atomic mass is 10.1. The van der Waals surface area contributed by atoms with Crippen LogP contribution >= 0.6 is 0 Å². The molecule has 6 heteroatoms. The van der Waals surface area contributed by atoms with Gasteiger partial charge in [-0.05, 0) is 31.0 Å². The number of aromatic nitrogens is 1. The third-order valence-electron chi connectivity index (χ3n) is 3.96. The van der Waals surface area contributed by atoms with E-state index < -0.39 is 0 Å². The van der Waals surface area contributed by atoms with Crippen LogP contribution in [-0.2, 0) is 13.0 Å². The first-order valence-electron chi connectivity index (χ1n) is 8.16. The fourth-order valence-electron chi connectivity index (χ4n) is 2.48. The number of pyridine rings is 1. The first-order valence-corrected chi connectivity index (χ1v) is 8.16. The van der Waals surface area contributed by atoms with Gasteiger partial charge in [0.15, 0.2) is 0 Å². The van der Waals surface area contributed by atoms with Crippen LogP contribution in [0.3, 0.4) is 0 Å². The van der Waals surface area contributed by atoms with Crippen molar-refractivity contribution in [2.45, 2.75) is 19.9 Å². The van der Waals surface area contributed by atoms with Gasteiger partial charge in [-0.2, -0.15) is 0 Å². The van der Waals surface area contributed by atoms with Crippen LogP contribution in [0.25, 0.3) is 0 Å². The number of urea groups is 1. The number of benzene rings is 1. The molecule has 1 aromatic carbocycles. The summed E-state index contributed by atoms with van der Waals surface area (Å²) in [5.41, 5.74) is 2.80. The molecule has 2 rings (SSSR count). The highest BCUT2D eigenvalue weighted by Gasteiger charge is 2.12. The van der Waals surface area contributed by atoms with E-state index in [1.807, 2.05) is 43.3 Å². The van der Waals surface area contributed by atoms with E-state index in [2.05, 4.69) is 10.3 Å². The van der Waals surface area contributed by atoms with Crippen LogP contribution in [0.2, 0.25) is 0 Å². The van der Waals surface area contributed by atoms with Crippen molar-refractivity contribution >= 4 is 6.03 Å². The number of nitrogens with one attached hydrogen (secondary N) is 1. The number of ether oxygens (including phenoxy) is 2. The van der Waals surface area contributed by atoms with Gasteiger partial charge in [0.05, 0.1) is 14.2 Å². The molecular weight excluding hydrogens is 318 g/mol. The van der Waals surface area contributed by atoms with Crippen molar-refractivity contribution in [3.05, 3.63) is 53.2 Å². The third-order valence-corrected chi connectivity index (χ3v) is 3.96. The fourth-order valence-corrected chi connectivity index (χ4v) is 2.48. The second-order valence-electron chi connectivity index (χ2n) is 5.76. The lowest BCUT2D eigenvalue weighted by Crippen LogP contribution is -2.38. The number of para-hydroxylation sites is 1. The van der Waals surface area contributed by atoms with Gasteiger partial charge in [-0.3, -0.25) is 0 Å². The summed E-state index contributed by atoms with van der Waals surface area (Å²) >= 11 is 0. The van der Waals surface area contributed by atoms with Crippen molar-refractivity contribution in [3.8, 4) is 11.6 Å². The van der Waals surface area contributed by atoms with Crippen molar-refractivity contribution in [1.29, 1.82) is 0 Å². The Bertz CT molecular complexity index is 719. The van der Waals surface area contributed by atoms with Gasteiger partial charge in [0.25, 0.3) is 0 Å². The van der Waals surface area contributed by atoms with Gasteiger partial charge < -0.3 is 19.7 Å². The molecule has 134 valence electrons. The smallest absolute Gasteiger partial charge is 0.317 e. The minimum absolute atomic E-state index is 0.141. The molecule has 0 saturated heterocycles. The molecule has 2 amide bonds. The Morgan fingerprint density at radius 3 is 2.60 bits per heavy atom. The summed E-state index contributed by atoms with van der Waals surface area (Å²) < 4.78 is 10.6. The van der Waals surface area contributed by atoms with Crippen LogP contribution in [0, 0.1) is 6.92 Å². The Kier molecular flexibility index (Phi) is 6.62. The summed E-state index contributed by atoms with van der Waals surface area (Å²) in [6, 6.07) is 11.5. The second kappa shape index (κ2) is 8.92. The first kappa shape index (κ1) is 18.6. The number of methoxy groups -OCH3 is 2. The summed E-state index contributed by atoms with van der Waals surface area (Å²) in [5, 5.41) is 2.89. The van der Waals surface area contributed by atoms with Crippen LogP contribution in [0.15, 0.2) is 36.4 Å². The number of likely N-dealkylation sites (N-methyl/N-ethyl adjacent to an activating group) is 1. The molecule has 0 aliphatic carbocycles. The predicted octanol–water partition coefficient (Wildman–Crippen LogP) is 2.79. The van der Waals surface area contributed by atoms with E-state index in [0.717, 1.165) is 29.0 Å². The molecule has 1 aromatic heterocycles. The van der Waals surface area contributed by atoms with Crippen molar-refractivity contribution in [3.63, 3.8) is 0 Å². The van der Waals surface area contributed by atoms with Gasteiger partial charge in [0.2, 0.25) is 5.88 Å². The number of rotatable bonds is 7. The Morgan fingerprint density at radius 1 is 1.12 bits per heavy atom. The lowest BCUT2D eigenvalue weighted by molar-refractivity contribution is 0.208. The number of carbonyl (C=O) groups is 1. The molecule has 0 fully saturated rings. The number of amides is 2. The normalized spacial score (nSPS) is 10.2. The molecule has 25 heavy (non-hydrogen) atoms. The van der Waals surface area contributed by atoms with E-state index in [1.54, 1.807) is 26.2 Å². The van der Waals surface area contributed by atoms with Crippen molar-refractivity contribution in [1.82, 2.24) is 15.2 Å². The molecule has 0 aliphatic heterocycles. The van der Waals surface area contributed by atoms with E-state index in [0.29, 0.717) is 19.0 Å². The van der Waals surface area contributed by atoms with E-state index in [-0.39, 0.29) is 6.03 Å². The van der Waals surface area contributed by atoms with Gasteiger partial charge >= 0.3 is 6.03 Å². The largest absolute Gasteiger partial charge is 0.496 e. The SMILES string of the molecule is COc1ccccc1CCN(C)C(=O)NCc1ccc(C)nc1OC. The Labute approximate surface area is 148 Å². The number of hydrogen-bond donors (Lipinski definition) is 1. The lowest BCUT2D eigenvalue weighted by Gasteiger charge is -2.19. The molecule has 0 atom stereocenters. The fraction of sp³-hybridized carbons (Fsp3) is 0.368. The summed E-state index contributed by atoms with van der Waals surface area (Å²) in [6.45, 7) is 2.86. The third kappa shape index (κ3) is 5.11. The second-order valence-corrected chi connectivity index (χ2v) is 5.76. The number of aryl methyl sites for hydroxylation is 1.